The second-order valence-corrected chi connectivity index (χ2v) is 10.9. The molecule has 7 nitrogen and oxygen atoms in total. The average molecular weight is 540 g/mol. The largest absolute Gasteiger partial charge is 0.355 e. The molecule has 0 bridgehead atoms. The zero-order chi connectivity index (χ0) is 27.9. The molecule has 1 N–H and O–H groups in total. The van der Waals surface area contributed by atoms with Gasteiger partial charge in [-0.3, -0.25) is 13.9 Å². The molecule has 0 saturated carbocycles. The number of benzene rings is 3. The minimum absolute atomic E-state index is 0.0410. The van der Waals surface area contributed by atoms with E-state index < -0.39 is 40.2 Å². The Morgan fingerprint density at radius 3 is 2.13 bits per heavy atom. The topological polar surface area (TPSA) is 86.8 Å². The molecule has 3 aromatic rings. The van der Waals surface area contributed by atoms with Crippen LogP contribution < -0.4 is 9.62 Å². The molecule has 0 aliphatic heterocycles. The molecule has 0 saturated heterocycles. The monoisotopic (exact) mass is 539 g/mol. The molecule has 0 aliphatic carbocycles. The molecule has 0 aromatic heterocycles. The van der Waals surface area contributed by atoms with Crippen LogP contribution in [0.5, 0.6) is 0 Å². The fraction of sp³-hybridized carbons (Fsp3) is 0.310. The van der Waals surface area contributed by atoms with Crippen molar-refractivity contribution in [3.63, 3.8) is 0 Å². The highest BCUT2D eigenvalue weighted by atomic mass is 32.2. The highest BCUT2D eigenvalue weighted by Crippen LogP contribution is 2.28. The third-order valence-electron chi connectivity index (χ3n) is 6.35. The Kier molecular flexibility index (Phi) is 9.63. The van der Waals surface area contributed by atoms with E-state index in [9.17, 15) is 22.4 Å². The summed E-state index contributed by atoms with van der Waals surface area (Å²) in [5.74, 6) is -1.57. The molecule has 202 valence electrons. The predicted octanol–water partition coefficient (Wildman–Crippen LogP) is 4.45. The van der Waals surface area contributed by atoms with Gasteiger partial charge < -0.3 is 10.2 Å². The molecule has 9 heteroatoms. The number of carbonyl (C=O) groups is 2. The summed E-state index contributed by atoms with van der Waals surface area (Å²) in [5.41, 5.74) is 2.24. The summed E-state index contributed by atoms with van der Waals surface area (Å²) >= 11 is 0. The van der Waals surface area contributed by atoms with Crippen LogP contribution in [0, 0.1) is 12.7 Å². The van der Waals surface area contributed by atoms with Crippen molar-refractivity contribution < 1.29 is 22.4 Å². The summed E-state index contributed by atoms with van der Waals surface area (Å²) in [7, 11) is -4.16. The minimum Gasteiger partial charge on any atom is -0.355 e. The number of hydrogen-bond acceptors (Lipinski definition) is 4. The van der Waals surface area contributed by atoms with Gasteiger partial charge in [-0.15, -0.1) is 0 Å². The number of carbonyl (C=O) groups excluding carboxylic acids is 2. The van der Waals surface area contributed by atoms with Gasteiger partial charge in [-0.05, 0) is 57.0 Å². The predicted molar refractivity (Wildman–Crippen MR) is 147 cm³/mol. The van der Waals surface area contributed by atoms with E-state index in [4.69, 9.17) is 0 Å². The summed E-state index contributed by atoms with van der Waals surface area (Å²) in [4.78, 5) is 27.8. The summed E-state index contributed by atoms with van der Waals surface area (Å²) in [6.45, 7) is 6.64. The zero-order valence-corrected chi connectivity index (χ0v) is 23.0. The van der Waals surface area contributed by atoms with Crippen molar-refractivity contribution in [2.75, 3.05) is 17.4 Å². The van der Waals surface area contributed by atoms with Crippen molar-refractivity contribution in [3.8, 4) is 0 Å². The highest BCUT2D eigenvalue weighted by Gasteiger charge is 2.33. The van der Waals surface area contributed by atoms with Crippen LogP contribution in [0.25, 0.3) is 0 Å². The lowest BCUT2D eigenvalue weighted by Gasteiger charge is -2.32. The summed E-state index contributed by atoms with van der Waals surface area (Å²) in [6.07, 6.45) is 0.540. The molecular weight excluding hydrogens is 505 g/mol. The van der Waals surface area contributed by atoms with Crippen molar-refractivity contribution in [2.45, 2.75) is 51.6 Å². The number of sulfonamides is 1. The lowest BCUT2D eigenvalue weighted by atomic mass is 10.1. The smallest absolute Gasteiger partial charge is 0.264 e. The van der Waals surface area contributed by atoms with Crippen LogP contribution in [0.4, 0.5) is 10.1 Å². The lowest BCUT2D eigenvalue weighted by Crippen LogP contribution is -2.51. The van der Waals surface area contributed by atoms with E-state index >= 15 is 0 Å². The first-order valence-corrected chi connectivity index (χ1v) is 14.0. The lowest BCUT2D eigenvalue weighted by molar-refractivity contribution is -0.139. The summed E-state index contributed by atoms with van der Waals surface area (Å²) < 4.78 is 43.4. The minimum atomic E-state index is -4.16. The first-order chi connectivity index (χ1) is 18.1. The number of likely N-dealkylation sites (N-methyl/N-ethyl adjacent to an activating group) is 1. The van der Waals surface area contributed by atoms with Crippen molar-refractivity contribution in [1.29, 1.82) is 0 Å². The van der Waals surface area contributed by atoms with Crippen LogP contribution in [0.1, 0.15) is 37.5 Å². The Labute approximate surface area is 224 Å². The second kappa shape index (κ2) is 12.7. The third kappa shape index (κ3) is 6.58. The van der Waals surface area contributed by atoms with Crippen LogP contribution in [0.15, 0.2) is 77.7 Å². The first kappa shape index (κ1) is 28.8. The second-order valence-electron chi connectivity index (χ2n) is 8.99. The van der Waals surface area contributed by atoms with Gasteiger partial charge in [0, 0.05) is 18.7 Å². The van der Waals surface area contributed by atoms with E-state index in [2.05, 4.69) is 5.32 Å². The molecule has 0 radical (unpaired) electrons. The normalized spacial score (nSPS) is 12.0. The molecule has 0 aliphatic rings. The van der Waals surface area contributed by atoms with Crippen LogP contribution in [0.2, 0.25) is 0 Å². The van der Waals surface area contributed by atoms with Gasteiger partial charge >= 0.3 is 0 Å². The summed E-state index contributed by atoms with van der Waals surface area (Å²) in [5, 5.41) is 2.69. The van der Waals surface area contributed by atoms with Crippen molar-refractivity contribution >= 4 is 27.5 Å². The number of para-hydroxylation sites is 1. The molecule has 1 atom stereocenters. The van der Waals surface area contributed by atoms with Crippen molar-refractivity contribution in [3.05, 3.63) is 95.3 Å². The Bertz CT molecular complexity index is 1380. The molecule has 3 aromatic carbocycles. The van der Waals surface area contributed by atoms with Gasteiger partial charge in [-0.25, -0.2) is 12.8 Å². The number of amides is 2. The van der Waals surface area contributed by atoms with Gasteiger partial charge in [0.05, 0.1) is 10.6 Å². The van der Waals surface area contributed by atoms with E-state index in [-0.39, 0.29) is 17.0 Å². The van der Waals surface area contributed by atoms with Crippen LogP contribution >= 0.6 is 0 Å². The number of nitrogens with one attached hydrogen (secondary N) is 1. The first-order valence-electron chi connectivity index (χ1n) is 12.6. The molecule has 2 amide bonds. The fourth-order valence-corrected chi connectivity index (χ4v) is 5.57. The number of rotatable bonds is 11. The number of nitrogens with zero attached hydrogens (tertiary/aromatic N) is 2. The number of halogens is 1. The molecule has 0 fully saturated rings. The molecule has 0 spiro atoms. The van der Waals surface area contributed by atoms with Crippen LogP contribution in [0.3, 0.4) is 0 Å². The van der Waals surface area contributed by atoms with Gasteiger partial charge in [0.15, 0.2) is 0 Å². The number of hydrogen-bond donors (Lipinski definition) is 1. The van der Waals surface area contributed by atoms with E-state index in [0.717, 1.165) is 15.4 Å². The average Bonchev–Trinajstić information content (AvgIpc) is 2.91. The molecule has 3 rings (SSSR count). The highest BCUT2D eigenvalue weighted by molar-refractivity contribution is 7.92. The van der Waals surface area contributed by atoms with Gasteiger partial charge in [-0.2, -0.15) is 0 Å². The maximum atomic E-state index is 14.6. The fourth-order valence-electron chi connectivity index (χ4n) is 4.12. The van der Waals surface area contributed by atoms with Crippen LogP contribution in [-0.4, -0.2) is 44.3 Å². The third-order valence-corrected chi connectivity index (χ3v) is 8.12. The number of anilines is 1. The van der Waals surface area contributed by atoms with Crippen molar-refractivity contribution in [2.24, 2.45) is 0 Å². The number of aryl methyl sites for hydroxylation is 2. The molecule has 0 heterocycles. The Hall–Kier alpha value is -3.72. The quantitative estimate of drug-likeness (QED) is 0.390. The standard InChI is InChI=1S/C29H34FN3O4S/c1-5-23-11-8-10-14-27(23)33(38(36,37)25-17-15-21(3)16-18-25)20-28(34)32(22(4)29(35)31-6-2)19-24-12-7-9-13-26(24)30/h7-18,22H,5-6,19-20H2,1-4H3,(H,31,35)/t22-/m1/s1. The van der Waals surface area contributed by atoms with E-state index in [1.165, 1.54) is 35.2 Å². The Morgan fingerprint density at radius 2 is 1.53 bits per heavy atom. The van der Waals surface area contributed by atoms with Crippen LogP contribution in [-0.2, 0) is 32.6 Å². The zero-order valence-electron chi connectivity index (χ0n) is 22.1. The SMILES string of the molecule is CCNC(=O)[C@@H](C)N(Cc1ccccc1F)C(=O)CN(c1ccccc1CC)S(=O)(=O)c1ccc(C)cc1. The van der Waals surface area contributed by atoms with Gasteiger partial charge in [0.1, 0.15) is 18.4 Å². The van der Waals surface area contributed by atoms with Crippen molar-refractivity contribution in [1.82, 2.24) is 10.2 Å². The maximum Gasteiger partial charge on any atom is 0.264 e. The molecule has 38 heavy (non-hydrogen) atoms. The summed E-state index contributed by atoms with van der Waals surface area (Å²) in [6, 6.07) is 18.4. The maximum absolute atomic E-state index is 14.6. The van der Waals surface area contributed by atoms with E-state index in [0.29, 0.717) is 18.7 Å². The van der Waals surface area contributed by atoms with E-state index in [1.807, 2.05) is 26.0 Å². The van der Waals surface area contributed by atoms with E-state index in [1.54, 1.807) is 44.2 Å². The Morgan fingerprint density at radius 1 is 0.921 bits per heavy atom. The van der Waals surface area contributed by atoms with Gasteiger partial charge in [0.25, 0.3) is 10.0 Å². The Balaban J connectivity index is 2.08. The van der Waals surface area contributed by atoms with Gasteiger partial charge in [0.2, 0.25) is 11.8 Å². The van der Waals surface area contributed by atoms with Gasteiger partial charge in [-0.1, -0.05) is 61.0 Å². The molecular formula is C29H34FN3O4S. The molecule has 0 unspecified atom stereocenters.